The van der Waals surface area contributed by atoms with Crippen molar-refractivity contribution >= 4 is 52.6 Å². The fourth-order valence-corrected chi connectivity index (χ4v) is 6.24. The first-order chi connectivity index (χ1) is 21.0. The molecular weight excluding hydrogens is 600 g/mol. The van der Waals surface area contributed by atoms with Crippen molar-refractivity contribution in [2.45, 2.75) is 17.1 Å². The number of methoxy groups -OCH3 is 1. The maximum absolute atomic E-state index is 13.8. The molecule has 0 bridgehead atoms. The molecule has 2 aliphatic rings. The molecule has 2 aromatic heterocycles. The molecule has 4 amide bonds. The van der Waals surface area contributed by atoms with Crippen LogP contribution in [0.2, 0.25) is 0 Å². The number of hydrogen-bond donors (Lipinski definition) is 6. The minimum atomic E-state index is -2.05. The number of carboxylic acids is 1. The molecule has 1 saturated heterocycles. The monoisotopic (exact) mass is 624 g/mol. The van der Waals surface area contributed by atoms with Crippen LogP contribution in [0.3, 0.4) is 0 Å². The van der Waals surface area contributed by atoms with E-state index in [1.807, 2.05) is 0 Å². The summed E-state index contributed by atoms with van der Waals surface area (Å²) in [7, 11) is 1.14. The summed E-state index contributed by atoms with van der Waals surface area (Å²) in [6.07, 6.45) is 1.39. The fourth-order valence-electron chi connectivity index (χ4n) is 4.82. The minimum Gasteiger partial charge on any atom is -0.508 e. The number of β-lactam (4-membered cyclic amide) rings is 1. The Morgan fingerprint density at radius 3 is 2.57 bits per heavy atom. The maximum Gasteiger partial charge on any atom is 0.404 e. The number of nitrogens with one attached hydrogen (secondary N) is 2. The number of pyridine rings is 2. The number of rotatable bonds is 9. The van der Waals surface area contributed by atoms with E-state index < -0.39 is 65.0 Å². The first kappa shape index (κ1) is 30.1. The normalized spacial score (nSPS) is 19.9. The van der Waals surface area contributed by atoms with Crippen LogP contribution in [-0.4, -0.2) is 90.5 Å². The van der Waals surface area contributed by atoms with E-state index in [0.29, 0.717) is 5.52 Å². The lowest BCUT2D eigenvalue weighted by Crippen LogP contribution is -2.81. The highest BCUT2D eigenvalue weighted by molar-refractivity contribution is 8.00. The number of carbonyl (C=O) groups excluding carboxylic acids is 4. The van der Waals surface area contributed by atoms with Crippen LogP contribution in [0.5, 0.6) is 11.5 Å². The molecule has 3 atom stereocenters. The van der Waals surface area contributed by atoms with Gasteiger partial charge in [-0.3, -0.25) is 29.3 Å². The van der Waals surface area contributed by atoms with E-state index in [1.165, 1.54) is 30.5 Å². The van der Waals surface area contributed by atoms with E-state index in [2.05, 4.69) is 20.6 Å². The number of benzene rings is 1. The predicted molar refractivity (Wildman–Crippen MR) is 151 cm³/mol. The summed E-state index contributed by atoms with van der Waals surface area (Å²) >= 11 is 1.04. The van der Waals surface area contributed by atoms with Crippen molar-refractivity contribution in [3.05, 3.63) is 71.2 Å². The van der Waals surface area contributed by atoms with Gasteiger partial charge in [-0.25, -0.2) is 9.59 Å². The van der Waals surface area contributed by atoms with Crippen LogP contribution in [0.25, 0.3) is 11.0 Å². The second-order valence-corrected chi connectivity index (χ2v) is 10.6. The minimum absolute atomic E-state index is 0.00918. The van der Waals surface area contributed by atoms with E-state index in [9.17, 15) is 39.3 Å². The molecular formula is C27H24N6O10S. The second-order valence-electron chi connectivity index (χ2n) is 9.52. The van der Waals surface area contributed by atoms with E-state index in [1.54, 1.807) is 12.1 Å². The number of aromatic nitrogens is 2. The average molecular weight is 625 g/mol. The predicted octanol–water partition coefficient (Wildman–Crippen LogP) is 0.320. The molecule has 1 unspecified atom stereocenters. The third kappa shape index (κ3) is 5.18. The van der Waals surface area contributed by atoms with Crippen LogP contribution >= 0.6 is 11.8 Å². The first-order valence-corrected chi connectivity index (χ1v) is 13.8. The van der Waals surface area contributed by atoms with Crippen molar-refractivity contribution in [2.75, 3.05) is 19.5 Å². The van der Waals surface area contributed by atoms with Crippen LogP contribution in [0.15, 0.2) is 60.1 Å². The Morgan fingerprint density at radius 1 is 1.18 bits per heavy atom. The highest BCUT2D eigenvalue weighted by Gasteiger charge is 2.67. The number of amides is 4. The van der Waals surface area contributed by atoms with E-state index in [0.717, 1.165) is 30.0 Å². The van der Waals surface area contributed by atoms with Crippen molar-refractivity contribution in [1.29, 1.82) is 0 Å². The zero-order chi connectivity index (χ0) is 31.8. The number of aliphatic carboxylic acids is 1. The number of phenolic OH excluding ortho intramolecular Hbond substituents is 1. The summed E-state index contributed by atoms with van der Waals surface area (Å²) in [6, 6.07) is 6.96. The molecule has 228 valence electrons. The van der Waals surface area contributed by atoms with Gasteiger partial charge in [-0.05, 0) is 29.8 Å². The third-order valence-corrected chi connectivity index (χ3v) is 8.31. The molecule has 4 heterocycles. The average Bonchev–Trinajstić information content (AvgIpc) is 3.01. The number of ether oxygens (including phenoxy) is 2. The molecule has 16 nitrogen and oxygen atoms in total. The van der Waals surface area contributed by atoms with Gasteiger partial charge in [0.2, 0.25) is 5.91 Å². The number of hydrogen-bond acceptors (Lipinski definition) is 12. The van der Waals surface area contributed by atoms with Gasteiger partial charge < -0.3 is 41.2 Å². The van der Waals surface area contributed by atoms with Gasteiger partial charge in [0.1, 0.15) is 40.5 Å². The lowest BCUT2D eigenvalue weighted by atomic mass is 9.96. The van der Waals surface area contributed by atoms with Crippen molar-refractivity contribution in [3.63, 3.8) is 0 Å². The van der Waals surface area contributed by atoms with E-state index >= 15 is 0 Å². The molecule has 5 rings (SSSR count). The number of nitrogens with zero attached hydrogens (tertiary/aromatic N) is 3. The molecule has 3 aromatic rings. The summed E-state index contributed by atoms with van der Waals surface area (Å²) < 4.78 is 10.2. The van der Waals surface area contributed by atoms with Crippen LogP contribution in [0.4, 0.5) is 4.79 Å². The highest BCUT2D eigenvalue weighted by atomic mass is 32.2. The molecule has 1 fully saturated rings. The van der Waals surface area contributed by atoms with Crippen molar-refractivity contribution in [1.82, 2.24) is 25.5 Å². The van der Waals surface area contributed by atoms with Crippen LogP contribution < -0.4 is 16.4 Å². The summed E-state index contributed by atoms with van der Waals surface area (Å²) in [5.74, 6) is -4.86. The van der Waals surface area contributed by atoms with Crippen LogP contribution in [0, 0.1) is 0 Å². The Hall–Kier alpha value is -5.42. The lowest BCUT2D eigenvalue weighted by molar-refractivity contribution is -0.193. The molecule has 0 saturated carbocycles. The van der Waals surface area contributed by atoms with Gasteiger partial charge in [-0.15, -0.1) is 11.8 Å². The van der Waals surface area contributed by atoms with E-state index in [-0.39, 0.29) is 33.7 Å². The summed E-state index contributed by atoms with van der Waals surface area (Å²) in [5, 5.41) is 34.3. The van der Waals surface area contributed by atoms with Gasteiger partial charge in [0.15, 0.2) is 5.75 Å². The van der Waals surface area contributed by atoms with Gasteiger partial charge in [0.25, 0.3) is 17.5 Å². The number of phenols is 1. The van der Waals surface area contributed by atoms with Gasteiger partial charge in [-0.1, -0.05) is 12.1 Å². The van der Waals surface area contributed by atoms with E-state index in [4.69, 9.17) is 15.2 Å². The van der Waals surface area contributed by atoms with Gasteiger partial charge in [-0.2, -0.15) is 0 Å². The van der Waals surface area contributed by atoms with Crippen LogP contribution in [0.1, 0.15) is 22.0 Å². The standard InChI is InChI=1S/C27H24N6O10S/c1-42-27(24(40)33-19(23(38)39)13(10-43-26(28)41)11-44-25(27)33)32-22(37)17(12-4-6-14(34)7-5-12)31-21(36)15-9-30-16-3-2-8-29-18(16)20(15)35/h2-9,17,25,34H,10-11H2,1H3,(H2,28,41)(H,30,35)(H,31,36)(H,32,37)(H,38,39)/t17?,25-,27-/m0/s1. The Labute approximate surface area is 251 Å². The molecule has 0 radical (unpaired) electrons. The fraction of sp³-hybridized carbons (Fsp3) is 0.222. The summed E-state index contributed by atoms with van der Waals surface area (Å²) in [6.45, 7) is -0.465. The number of fused-ring (bicyclic) bond motifs is 2. The van der Waals surface area contributed by atoms with Crippen LogP contribution in [-0.2, 0) is 23.9 Å². The van der Waals surface area contributed by atoms with Crippen molar-refractivity contribution in [2.24, 2.45) is 5.73 Å². The van der Waals surface area contributed by atoms with Gasteiger partial charge >= 0.3 is 12.1 Å². The Bertz CT molecular complexity index is 1730. The molecule has 1 aromatic carbocycles. The Balaban J connectivity index is 1.44. The lowest BCUT2D eigenvalue weighted by Gasteiger charge is -2.55. The molecule has 7 N–H and O–H groups in total. The number of aromatic hydroxyl groups is 2. The first-order valence-electron chi connectivity index (χ1n) is 12.7. The number of carboxylic acid groups (broad SMARTS) is 1. The number of nitrogens with two attached hydrogens (primary N) is 1. The van der Waals surface area contributed by atoms with Crippen molar-refractivity contribution in [3.8, 4) is 11.5 Å². The maximum atomic E-state index is 13.8. The topological polar surface area (TPSA) is 244 Å². The molecule has 0 aliphatic carbocycles. The van der Waals surface area contributed by atoms with Gasteiger partial charge in [0, 0.05) is 30.8 Å². The quantitative estimate of drug-likeness (QED) is 0.139. The Morgan fingerprint density at radius 2 is 1.91 bits per heavy atom. The molecule has 17 heteroatoms. The number of thioether (sulfide) groups is 1. The smallest absolute Gasteiger partial charge is 0.404 e. The summed E-state index contributed by atoms with van der Waals surface area (Å²) in [5.41, 5.74) is 2.89. The molecule has 0 spiro atoms. The van der Waals surface area contributed by atoms with Crippen molar-refractivity contribution < 1.29 is 48.8 Å². The summed E-state index contributed by atoms with van der Waals surface area (Å²) in [4.78, 5) is 72.8. The zero-order valence-electron chi connectivity index (χ0n) is 22.7. The molecule has 44 heavy (non-hydrogen) atoms. The van der Waals surface area contributed by atoms with Gasteiger partial charge in [0.05, 0.1) is 5.52 Å². The SMILES string of the molecule is CO[C@@]1(NC(=O)C(NC(=O)c2cnc3cccnc3c2O)c2ccc(O)cc2)C(=O)N2C(C(=O)O)=C(COC(N)=O)CS[C@H]21. The third-order valence-electron chi connectivity index (χ3n) is 6.94. The number of carbonyl (C=O) groups is 5. The highest BCUT2D eigenvalue weighted by Crippen LogP contribution is 2.47. The number of primary amides is 1. The zero-order valence-corrected chi connectivity index (χ0v) is 23.5. The molecule has 2 aliphatic heterocycles. The Kier molecular flexibility index (Phi) is 7.99. The largest absolute Gasteiger partial charge is 0.508 e. The second kappa shape index (κ2) is 11.7.